The first-order valence-corrected chi connectivity index (χ1v) is 7.63. The Hall–Kier alpha value is -2.93. The number of hydrogen-bond acceptors (Lipinski definition) is 6. The minimum Gasteiger partial charge on any atom is -0.497 e. The number of carbonyl (C=O) groups excluding carboxylic acids is 1. The summed E-state index contributed by atoms with van der Waals surface area (Å²) in [5.41, 5.74) is 0.0884. The fraction of sp³-hybridized carbons (Fsp3) is 0.118. The molecule has 8 heteroatoms. The summed E-state index contributed by atoms with van der Waals surface area (Å²) in [6.07, 6.45) is 2.03. The van der Waals surface area contributed by atoms with Crippen LogP contribution < -0.4 is 10.1 Å². The van der Waals surface area contributed by atoms with Crippen LogP contribution in [0.2, 0.25) is 5.02 Å². The second-order valence-electron chi connectivity index (χ2n) is 4.99. The Labute approximate surface area is 147 Å². The molecule has 0 radical (unpaired) electrons. The van der Waals surface area contributed by atoms with Crippen LogP contribution in [0.3, 0.4) is 0 Å². The zero-order valence-corrected chi connectivity index (χ0v) is 13.9. The average Bonchev–Trinajstić information content (AvgIpc) is 3.14. The zero-order chi connectivity index (χ0) is 17.8. The van der Waals surface area contributed by atoms with E-state index in [0.29, 0.717) is 24.3 Å². The highest BCUT2D eigenvalue weighted by atomic mass is 35.5. The van der Waals surface area contributed by atoms with Crippen molar-refractivity contribution in [3.63, 3.8) is 0 Å². The summed E-state index contributed by atoms with van der Waals surface area (Å²) in [6.45, 7) is 0.298. The third-order valence-electron chi connectivity index (χ3n) is 3.42. The maximum atomic E-state index is 14.3. The molecule has 25 heavy (non-hydrogen) atoms. The lowest BCUT2D eigenvalue weighted by Gasteiger charge is -2.11. The summed E-state index contributed by atoms with van der Waals surface area (Å²) in [5.74, 6) is 0.686. The van der Waals surface area contributed by atoms with Crippen LogP contribution in [0, 0.1) is 5.82 Å². The lowest BCUT2D eigenvalue weighted by Crippen LogP contribution is -2.06. The molecule has 0 amide bonds. The second kappa shape index (κ2) is 7.31. The monoisotopic (exact) mass is 361 g/mol. The van der Waals surface area contributed by atoms with E-state index >= 15 is 0 Å². The number of methoxy groups -OCH3 is 1. The van der Waals surface area contributed by atoms with Gasteiger partial charge in [-0.3, -0.25) is 4.79 Å². The number of hydrogen-bond donors (Lipinski definition) is 1. The molecule has 0 atom stereocenters. The van der Waals surface area contributed by atoms with Crippen molar-refractivity contribution in [1.29, 1.82) is 0 Å². The van der Waals surface area contributed by atoms with Gasteiger partial charge in [-0.2, -0.15) is 0 Å². The molecular formula is C17H13ClFN3O3. The molecule has 1 aromatic carbocycles. The van der Waals surface area contributed by atoms with Gasteiger partial charge in [-0.25, -0.2) is 14.4 Å². The SMILES string of the molecule is COc1ccc(-c2nc(C=O)c(Cl)c(NCc3ccco3)n2)c(F)c1. The molecule has 0 saturated heterocycles. The molecule has 0 aliphatic heterocycles. The van der Waals surface area contributed by atoms with E-state index in [1.807, 2.05) is 0 Å². The second-order valence-corrected chi connectivity index (χ2v) is 5.37. The molecule has 6 nitrogen and oxygen atoms in total. The van der Waals surface area contributed by atoms with Crippen LogP contribution in [0.15, 0.2) is 41.0 Å². The number of aldehydes is 1. The van der Waals surface area contributed by atoms with Crippen molar-refractivity contribution >= 4 is 23.7 Å². The first-order valence-electron chi connectivity index (χ1n) is 7.25. The van der Waals surface area contributed by atoms with Crippen LogP contribution in [-0.4, -0.2) is 23.4 Å². The van der Waals surface area contributed by atoms with Crippen molar-refractivity contribution < 1.29 is 18.3 Å². The molecule has 0 spiro atoms. The highest BCUT2D eigenvalue weighted by Crippen LogP contribution is 2.29. The van der Waals surface area contributed by atoms with Crippen LogP contribution in [0.25, 0.3) is 11.4 Å². The summed E-state index contributed by atoms with van der Waals surface area (Å²) in [4.78, 5) is 19.5. The Kier molecular flexibility index (Phi) is 4.95. The molecule has 2 heterocycles. The van der Waals surface area contributed by atoms with Gasteiger partial charge in [0, 0.05) is 6.07 Å². The number of rotatable bonds is 6. The van der Waals surface area contributed by atoms with Crippen LogP contribution in [0.4, 0.5) is 10.2 Å². The number of nitrogens with zero attached hydrogens (tertiary/aromatic N) is 2. The van der Waals surface area contributed by atoms with Crippen LogP contribution in [0.1, 0.15) is 16.2 Å². The first kappa shape index (κ1) is 16.9. The van der Waals surface area contributed by atoms with E-state index in [9.17, 15) is 9.18 Å². The fourth-order valence-electron chi connectivity index (χ4n) is 2.17. The number of anilines is 1. The smallest absolute Gasteiger partial charge is 0.170 e. The summed E-state index contributed by atoms with van der Waals surface area (Å²) in [7, 11) is 1.44. The maximum absolute atomic E-state index is 14.3. The molecular weight excluding hydrogens is 349 g/mol. The van der Waals surface area contributed by atoms with Crippen molar-refractivity contribution in [3.05, 3.63) is 58.9 Å². The predicted molar refractivity (Wildman–Crippen MR) is 90.4 cm³/mol. The highest BCUT2D eigenvalue weighted by molar-refractivity contribution is 6.35. The molecule has 1 N–H and O–H groups in total. The lowest BCUT2D eigenvalue weighted by molar-refractivity contribution is 0.111. The van der Waals surface area contributed by atoms with Gasteiger partial charge in [0.05, 0.1) is 25.5 Å². The largest absolute Gasteiger partial charge is 0.497 e. The molecule has 0 aliphatic rings. The van der Waals surface area contributed by atoms with E-state index in [1.165, 1.54) is 25.5 Å². The van der Waals surface area contributed by atoms with Crippen molar-refractivity contribution in [2.75, 3.05) is 12.4 Å². The van der Waals surface area contributed by atoms with E-state index in [1.54, 1.807) is 18.2 Å². The van der Waals surface area contributed by atoms with Gasteiger partial charge >= 0.3 is 0 Å². The normalized spacial score (nSPS) is 10.5. The average molecular weight is 362 g/mol. The third-order valence-corrected chi connectivity index (χ3v) is 3.79. The van der Waals surface area contributed by atoms with E-state index in [0.717, 1.165) is 0 Å². The van der Waals surface area contributed by atoms with E-state index in [-0.39, 0.29) is 27.9 Å². The number of carbonyl (C=O) groups is 1. The van der Waals surface area contributed by atoms with Crippen molar-refractivity contribution in [1.82, 2.24) is 9.97 Å². The van der Waals surface area contributed by atoms with Crippen LogP contribution in [0.5, 0.6) is 5.75 Å². The number of ether oxygens (including phenoxy) is 1. The minimum atomic E-state index is -0.574. The summed E-state index contributed by atoms with van der Waals surface area (Å²) < 4.78 is 24.5. The Morgan fingerprint density at radius 1 is 1.36 bits per heavy atom. The summed E-state index contributed by atoms with van der Waals surface area (Å²) in [5, 5.41) is 3.01. The van der Waals surface area contributed by atoms with Crippen molar-refractivity contribution in [3.8, 4) is 17.1 Å². The van der Waals surface area contributed by atoms with Crippen LogP contribution >= 0.6 is 11.6 Å². The van der Waals surface area contributed by atoms with Crippen LogP contribution in [-0.2, 0) is 6.54 Å². The topological polar surface area (TPSA) is 77.2 Å². The van der Waals surface area contributed by atoms with Gasteiger partial charge in [-0.15, -0.1) is 0 Å². The van der Waals surface area contributed by atoms with Gasteiger partial charge in [0.1, 0.15) is 33.9 Å². The van der Waals surface area contributed by atoms with Gasteiger partial charge < -0.3 is 14.5 Å². The van der Waals surface area contributed by atoms with Gasteiger partial charge in [0.15, 0.2) is 12.1 Å². The van der Waals surface area contributed by atoms with Gasteiger partial charge in [0.2, 0.25) is 0 Å². The summed E-state index contributed by atoms with van der Waals surface area (Å²) in [6, 6.07) is 7.78. The molecule has 0 aliphatic carbocycles. The van der Waals surface area contributed by atoms with E-state index in [2.05, 4.69) is 15.3 Å². The molecule has 0 bridgehead atoms. The van der Waals surface area contributed by atoms with Gasteiger partial charge in [-0.1, -0.05) is 11.6 Å². The standard InChI is InChI=1S/C17H13ClFN3O3/c1-24-10-4-5-12(13(19)7-10)16-21-14(9-23)15(18)17(22-16)20-8-11-3-2-6-25-11/h2-7,9H,8H2,1H3,(H,20,21,22). The molecule has 128 valence electrons. The Morgan fingerprint density at radius 2 is 2.20 bits per heavy atom. The predicted octanol–water partition coefficient (Wildman–Crippen LogP) is 3.96. The minimum absolute atomic E-state index is 0.0357. The third kappa shape index (κ3) is 3.61. The van der Waals surface area contributed by atoms with Crippen molar-refractivity contribution in [2.24, 2.45) is 0 Å². The fourth-order valence-corrected chi connectivity index (χ4v) is 2.36. The number of aromatic nitrogens is 2. The Morgan fingerprint density at radius 3 is 2.84 bits per heavy atom. The Bertz CT molecular complexity index is 900. The molecule has 0 unspecified atom stereocenters. The Balaban J connectivity index is 1.99. The van der Waals surface area contributed by atoms with E-state index in [4.69, 9.17) is 20.8 Å². The highest BCUT2D eigenvalue weighted by Gasteiger charge is 2.16. The number of benzene rings is 1. The number of halogens is 2. The summed E-state index contributed by atoms with van der Waals surface area (Å²) >= 11 is 6.13. The molecule has 0 fully saturated rings. The molecule has 2 aromatic heterocycles. The van der Waals surface area contributed by atoms with Gasteiger partial charge in [0.25, 0.3) is 0 Å². The first-order chi connectivity index (χ1) is 12.1. The van der Waals surface area contributed by atoms with E-state index < -0.39 is 5.82 Å². The molecule has 0 saturated carbocycles. The zero-order valence-electron chi connectivity index (χ0n) is 13.1. The number of nitrogens with one attached hydrogen (secondary N) is 1. The molecule has 3 rings (SSSR count). The quantitative estimate of drug-likeness (QED) is 0.669. The molecule has 3 aromatic rings. The maximum Gasteiger partial charge on any atom is 0.170 e. The lowest BCUT2D eigenvalue weighted by atomic mass is 10.2. The number of furan rings is 1. The van der Waals surface area contributed by atoms with Gasteiger partial charge in [-0.05, 0) is 24.3 Å². The van der Waals surface area contributed by atoms with Crippen molar-refractivity contribution in [2.45, 2.75) is 6.54 Å².